The first kappa shape index (κ1) is 19.1. The molecular weight excluding hydrogens is 382 g/mol. The summed E-state index contributed by atoms with van der Waals surface area (Å²) in [6.07, 6.45) is 1.46. The Morgan fingerprint density at radius 2 is 2.16 bits per heavy atom. The van der Waals surface area contributed by atoms with E-state index in [1.54, 1.807) is 0 Å². The lowest BCUT2D eigenvalue weighted by molar-refractivity contribution is -0.0552. The molecule has 1 amide bonds. The van der Waals surface area contributed by atoms with E-state index in [2.05, 4.69) is 21.7 Å². The third-order valence-corrected chi connectivity index (χ3v) is 3.76. The lowest BCUT2D eigenvalue weighted by atomic mass is 10.1. The van der Waals surface area contributed by atoms with Gasteiger partial charge in [-0.15, -0.1) is 6.58 Å². The first-order valence-corrected chi connectivity index (χ1v) is 7.57. The number of aromatic nitrogens is 2. The standard InChI is InChI=1S/C15H12Cl2F3N3O2/c1-3-4-21-13(24)7-5-8(10(18)6-9(7)16)12-11(17)14(23(2)22-12)25-15(19)20/h3,5-6,15H,1,4H2,2H3,(H,21,24). The first-order chi connectivity index (χ1) is 11.8. The van der Waals surface area contributed by atoms with Gasteiger partial charge in [0.25, 0.3) is 5.91 Å². The van der Waals surface area contributed by atoms with Crippen LogP contribution in [-0.2, 0) is 7.05 Å². The van der Waals surface area contributed by atoms with Gasteiger partial charge in [-0.05, 0) is 12.1 Å². The number of aryl methyl sites for hydroxylation is 1. The molecule has 2 rings (SSSR count). The van der Waals surface area contributed by atoms with Crippen molar-refractivity contribution in [3.8, 4) is 17.1 Å². The predicted octanol–water partition coefficient (Wildman–Crippen LogP) is 4.05. The van der Waals surface area contributed by atoms with Crippen molar-refractivity contribution >= 4 is 29.1 Å². The fourth-order valence-electron chi connectivity index (χ4n) is 2.03. The number of amides is 1. The second-order valence-electron chi connectivity index (χ2n) is 4.78. The zero-order chi connectivity index (χ0) is 18.7. The van der Waals surface area contributed by atoms with E-state index in [0.717, 1.165) is 16.8 Å². The van der Waals surface area contributed by atoms with Crippen molar-refractivity contribution in [3.63, 3.8) is 0 Å². The van der Waals surface area contributed by atoms with Crippen LogP contribution in [0.2, 0.25) is 10.0 Å². The number of hydrogen-bond donors (Lipinski definition) is 1. The minimum atomic E-state index is -3.13. The number of nitrogens with zero attached hydrogens (tertiary/aromatic N) is 2. The Bertz CT molecular complexity index is 825. The molecule has 0 bridgehead atoms. The van der Waals surface area contributed by atoms with Crippen LogP contribution in [0.3, 0.4) is 0 Å². The van der Waals surface area contributed by atoms with Gasteiger partial charge in [0, 0.05) is 19.2 Å². The van der Waals surface area contributed by atoms with Crippen molar-refractivity contribution in [1.29, 1.82) is 0 Å². The summed E-state index contributed by atoms with van der Waals surface area (Å²) in [6, 6.07) is 2.05. The van der Waals surface area contributed by atoms with Gasteiger partial charge in [-0.3, -0.25) is 4.79 Å². The van der Waals surface area contributed by atoms with Gasteiger partial charge in [0.05, 0.1) is 10.6 Å². The van der Waals surface area contributed by atoms with Crippen molar-refractivity contribution in [1.82, 2.24) is 15.1 Å². The molecule has 5 nitrogen and oxygen atoms in total. The topological polar surface area (TPSA) is 56.2 Å². The molecule has 1 aromatic heterocycles. The molecule has 0 aliphatic rings. The summed E-state index contributed by atoms with van der Waals surface area (Å²) >= 11 is 11.9. The van der Waals surface area contributed by atoms with Gasteiger partial charge in [0.2, 0.25) is 5.88 Å². The van der Waals surface area contributed by atoms with Crippen LogP contribution in [0.25, 0.3) is 11.3 Å². The molecule has 0 spiro atoms. The summed E-state index contributed by atoms with van der Waals surface area (Å²) in [7, 11) is 1.30. The molecule has 134 valence electrons. The van der Waals surface area contributed by atoms with Crippen molar-refractivity contribution in [2.75, 3.05) is 6.54 Å². The summed E-state index contributed by atoms with van der Waals surface area (Å²) in [5, 5.41) is 5.94. The summed E-state index contributed by atoms with van der Waals surface area (Å²) in [5.41, 5.74) is -0.373. The highest BCUT2D eigenvalue weighted by Crippen LogP contribution is 2.38. The molecule has 0 aliphatic heterocycles. The van der Waals surface area contributed by atoms with E-state index in [1.807, 2.05) is 0 Å². The van der Waals surface area contributed by atoms with E-state index in [-0.39, 0.29) is 33.4 Å². The molecule has 0 aliphatic carbocycles. The SMILES string of the molecule is C=CCNC(=O)c1cc(-c2nn(C)c(OC(F)F)c2Cl)c(F)cc1Cl. The third-order valence-electron chi connectivity index (χ3n) is 3.10. The fourth-order valence-corrected chi connectivity index (χ4v) is 2.57. The smallest absolute Gasteiger partial charge is 0.388 e. The van der Waals surface area contributed by atoms with E-state index in [0.29, 0.717) is 0 Å². The molecule has 10 heteroatoms. The number of rotatable bonds is 6. The maximum absolute atomic E-state index is 14.3. The molecule has 0 radical (unpaired) electrons. The Hall–Kier alpha value is -2.19. The number of alkyl halides is 2. The zero-order valence-corrected chi connectivity index (χ0v) is 14.3. The number of hydrogen-bond acceptors (Lipinski definition) is 3. The lowest BCUT2D eigenvalue weighted by Crippen LogP contribution is -2.23. The monoisotopic (exact) mass is 393 g/mol. The van der Waals surface area contributed by atoms with Crippen molar-refractivity contribution < 1.29 is 22.7 Å². The van der Waals surface area contributed by atoms with Gasteiger partial charge in [0.1, 0.15) is 16.5 Å². The number of carbonyl (C=O) groups is 1. The minimum absolute atomic E-state index is 0.0297. The van der Waals surface area contributed by atoms with Crippen LogP contribution < -0.4 is 10.1 Å². The number of nitrogens with one attached hydrogen (secondary N) is 1. The molecule has 0 unspecified atom stereocenters. The Morgan fingerprint density at radius 3 is 2.76 bits per heavy atom. The van der Waals surface area contributed by atoms with Crippen molar-refractivity contribution in [2.45, 2.75) is 6.61 Å². The summed E-state index contributed by atoms with van der Waals surface area (Å²) in [4.78, 5) is 12.1. The normalized spacial score (nSPS) is 10.8. The minimum Gasteiger partial charge on any atom is -0.416 e. The highest BCUT2D eigenvalue weighted by Gasteiger charge is 2.24. The van der Waals surface area contributed by atoms with E-state index in [1.165, 1.54) is 13.1 Å². The quantitative estimate of drug-likeness (QED) is 0.753. The Morgan fingerprint density at radius 1 is 1.48 bits per heavy atom. The molecule has 0 fully saturated rings. The van der Waals surface area contributed by atoms with Crippen LogP contribution in [0.4, 0.5) is 13.2 Å². The van der Waals surface area contributed by atoms with Crippen molar-refractivity contribution in [3.05, 3.63) is 46.2 Å². The fraction of sp³-hybridized carbons (Fsp3) is 0.200. The van der Waals surface area contributed by atoms with Crippen LogP contribution in [0.5, 0.6) is 5.88 Å². The number of ether oxygens (including phenoxy) is 1. The lowest BCUT2D eigenvalue weighted by Gasteiger charge is -2.08. The molecule has 0 atom stereocenters. The number of halogens is 5. The Kier molecular flexibility index (Phi) is 5.97. The van der Waals surface area contributed by atoms with E-state index in [4.69, 9.17) is 23.2 Å². The highest BCUT2D eigenvalue weighted by molar-refractivity contribution is 6.35. The van der Waals surface area contributed by atoms with E-state index in [9.17, 15) is 18.0 Å². The summed E-state index contributed by atoms with van der Waals surface area (Å²) in [5.74, 6) is -1.82. The average molecular weight is 394 g/mol. The molecule has 0 saturated heterocycles. The highest BCUT2D eigenvalue weighted by atomic mass is 35.5. The molecule has 1 heterocycles. The van der Waals surface area contributed by atoms with Gasteiger partial charge in [-0.2, -0.15) is 13.9 Å². The maximum atomic E-state index is 14.3. The molecule has 1 N–H and O–H groups in total. The number of carbonyl (C=O) groups excluding carboxylic acids is 1. The Balaban J connectivity index is 2.53. The van der Waals surface area contributed by atoms with E-state index < -0.39 is 24.2 Å². The second kappa shape index (κ2) is 7.79. The van der Waals surface area contributed by atoms with Crippen LogP contribution in [-0.4, -0.2) is 28.8 Å². The second-order valence-corrected chi connectivity index (χ2v) is 5.57. The van der Waals surface area contributed by atoms with Gasteiger partial charge in [-0.25, -0.2) is 9.07 Å². The van der Waals surface area contributed by atoms with Gasteiger partial charge < -0.3 is 10.1 Å². The van der Waals surface area contributed by atoms with Crippen LogP contribution in [0.15, 0.2) is 24.8 Å². The van der Waals surface area contributed by atoms with E-state index >= 15 is 0 Å². The molecule has 25 heavy (non-hydrogen) atoms. The molecule has 2 aromatic rings. The predicted molar refractivity (Wildman–Crippen MR) is 87.8 cm³/mol. The van der Waals surface area contributed by atoms with Crippen LogP contribution in [0.1, 0.15) is 10.4 Å². The summed E-state index contributed by atoms with van der Waals surface area (Å²) in [6.45, 7) is 0.513. The largest absolute Gasteiger partial charge is 0.416 e. The molecule has 0 saturated carbocycles. The summed E-state index contributed by atoms with van der Waals surface area (Å²) < 4.78 is 44.4. The van der Waals surface area contributed by atoms with Gasteiger partial charge >= 0.3 is 6.61 Å². The molecular formula is C15H12Cl2F3N3O2. The van der Waals surface area contributed by atoms with Crippen molar-refractivity contribution in [2.24, 2.45) is 7.05 Å². The van der Waals surface area contributed by atoms with Gasteiger partial charge in [0.15, 0.2) is 0 Å². The number of benzene rings is 1. The zero-order valence-electron chi connectivity index (χ0n) is 12.8. The first-order valence-electron chi connectivity index (χ1n) is 6.82. The maximum Gasteiger partial charge on any atom is 0.388 e. The molecule has 1 aromatic carbocycles. The average Bonchev–Trinajstić information content (AvgIpc) is 2.80. The van der Waals surface area contributed by atoms with Crippen LogP contribution >= 0.6 is 23.2 Å². The van der Waals surface area contributed by atoms with Crippen LogP contribution in [0, 0.1) is 5.82 Å². The van der Waals surface area contributed by atoms with Gasteiger partial charge in [-0.1, -0.05) is 29.3 Å². The third kappa shape index (κ3) is 4.08. The Labute approximate surface area is 151 Å².